The topological polar surface area (TPSA) is 24.5 Å². The highest BCUT2D eigenvalue weighted by molar-refractivity contribution is 4.65. The Morgan fingerprint density at radius 3 is 2.56 bits per heavy atom. The van der Waals surface area contributed by atoms with E-state index in [1.165, 1.54) is 45.2 Å². The van der Waals surface area contributed by atoms with E-state index >= 15 is 0 Å². The summed E-state index contributed by atoms with van der Waals surface area (Å²) in [6.07, 6.45) is 6.53. The first-order chi connectivity index (χ1) is 8.79. The number of nitrogens with zero attached hydrogens (tertiary/aromatic N) is 1. The van der Waals surface area contributed by atoms with Gasteiger partial charge in [0, 0.05) is 13.2 Å². The lowest BCUT2D eigenvalue weighted by Gasteiger charge is -2.14. The van der Waals surface area contributed by atoms with E-state index in [0.717, 1.165) is 38.8 Å². The van der Waals surface area contributed by atoms with Gasteiger partial charge in [0.25, 0.3) is 0 Å². The van der Waals surface area contributed by atoms with Crippen molar-refractivity contribution in [1.82, 2.24) is 10.2 Å². The van der Waals surface area contributed by atoms with Crippen molar-refractivity contribution in [2.24, 2.45) is 5.92 Å². The normalized spacial score (nSPS) is 16.8. The Kier molecular flexibility index (Phi) is 9.54. The molecule has 0 aliphatic carbocycles. The van der Waals surface area contributed by atoms with Crippen LogP contribution in [0.25, 0.3) is 0 Å². The van der Waals surface area contributed by atoms with Crippen LogP contribution in [0.3, 0.4) is 0 Å². The molecule has 0 aromatic heterocycles. The summed E-state index contributed by atoms with van der Waals surface area (Å²) in [7, 11) is 0. The van der Waals surface area contributed by atoms with Crippen molar-refractivity contribution >= 4 is 0 Å². The molecule has 108 valence electrons. The molecular weight excluding hydrogens is 224 g/mol. The maximum Gasteiger partial charge on any atom is 0.0593 e. The molecule has 1 N–H and O–H groups in total. The van der Waals surface area contributed by atoms with Crippen LogP contribution in [0.2, 0.25) is 0 Å². The Morgan fingerprint density at radius 1 is 1.06 bits per heavy atom. The monoisotopic (exact) mass is 256 g/mol. The zero-order chi connectivity index (χ0) is 13.1. The van der Waals surface area contributed by atoms with Crippen molar-refractivity contribution in [3.63, 3.8) is 0 Å². The molecule has 1 fully saturated rings. The summed E-state index contributed by atoms with van der Waals surface area (Å²) in [6.45, 7) is 12.4. The molecule has 3 nitrogen and oxygen atoms in total. The van der Waals surface area contributed by atoms with Gasteiger partial charge in [0.05, 0.1) is 6.61 Å². The molecule has 1 aliphatic rings. The van der Waals surface area contributed by atoms with Gasteiger partial charge in [0.2, 0.25) is 0 Å². The SMILES string of the molecule is CC(C)CNCCCCCOCCN1CCCC1. The van der Waals surface area contributed by atoms with Gasteiger partial charge in [0.15, 0.2) is 0 Å². The number of unbranched alkanes of at least 4 members (excludes halogenated alkanes) is 2. The second-order valence-electron chi connectivity index (χ2n) is 5.82. The number of ether oxygens (including phenoxy) is 1. The summed E-state index contributed by atoms with van der Waals surface area (Å²) in [4.78, 5) is 2.51. The first-order valence-electron chi connectivity index (χ1n) is 7.80. The van der Waals surface area contributed by atoms with E-state index in [2.05, 4.69) is 24.1 Å². The first kappa shape index (κ1) is 15.9. The molecule has 1 saturated heterocycles. The Hall–Kier alpha value is -0.120. The molecule has 1 aliphatic heterocycles. The van der Waals surface area contributed by atoms with Crippen LogP contribution >= 0.6 is 0 Å². The third-order valence-electron chi connectivity index (χ3n) is 3.45. The standard InChI is InChI=1S/C15H32N2O/c1-15(2)14-16-8-4-3-7-12-18-13-11-17-9-5-6-10-17/h15-16H,3-14H2,1-2H3. The quantitative estimate of drug-likeness (QED) is 0.575. The van der Waals surface area contributed by atoms with Gasteiger partial charge < -0.3 is 15.0 Å². The van der Waals surface area contributed by atoms with Gasteiger partial charge in [-0.25, -0.2) is 0 Å². The zero-order valence-corrected chi connectivity index (χ0v) is 12.4. The lowest BCUT2D eigenvalue weighted by atomic mass is 10.2. The third-order valence-corrected chi connectivity index (χ3v) is 3.45. The molecule has 0 amide bonds. The number of likely N-dealkylation sites (tertiary alicyclic amines) is 1. The van der Waals surface area contributed by atoms with Gasteiger partial charge in [-0.3, -0.25) is 0 Å². The minimum atomic E-state index is 0.763. The maximum atomic E-state index is 5.68. The minimum Gasteiger partial charge on any atom is -0.380 e. The largest absolute Gasteiger partial charge is 0.380 e. The lowest BCUT2D eigenvalue weighted by molar-refractivity contribution is 0.108. The van der Waals surface area contributed by atoms with Crippen LogP contribution in [0.4, 0.5) is 0 Å². The van der Waals surface area contributed by atoms with Crippen molar-refractivity contribution in [3.8, 4) is 0 Å². The minimum absolute atomic E-state index is 0.763. The third kappa shape index (κ3) is 8.90. The molecule has 18 heavy (non-hydrogen) atoms. The fourth-order valence-corrected chi connectivity index (χ4v) is 2.32. The van der Waals surface area contributed by atoms with Crippen LogP contribution < -0.4 is 5.32 Å². The highest BCUT2D eigenvalue weighted by Gasteiger charge is 2.09. The van der Waals surface area contributed by atoms with Gasteiger partial charge in [-0.05, 0) is 64.2 Å². The molecule has 0 radical (unpaired) electrons. The molecule has 0 bridgehead atoms. The molecule has 0 saturated carbocycles. The van der Waals surface area contributed by atoms with E-state index in [0.29, 0.717) is 0 Å². The van der Waals surface area contributed by atoms with Crippen LogP contribution in [-0.2, 0) is 4.74 Å². The second-order valence-corrected chi connectivity index (χ2v) is 5.82. The molecule has 0 aromatic rings. The summed E-state index contributed by atoms with van der Waals surface area (Å²) >= 11 is 0. The number of nitrogens with one attached hydrogen (secondary N) is 1. The van der Waals surface area contributed by atoms with Gasteiger partial charge in [-0.1, -0.05) is 13.8 Å². The summed E-state index contributed by atoms with van der Waals surface area (Å²) in [5.74, 6) is 0.763. The highest BCUT2D eigenvalue weighted by Crippen LogP contribution is 2.06. The molecule has 1 heterocycles. The van der Waals surface area contributed by atoms with Crippen molar-refractivity contribution < 1.29 is 4.74 Å². The molecule has 0 unspecified atom stereocenters. The van der Waals surface area contributed by atoms with E-state index in [-0.39, 0.29) is 0 Å². The van der Waals surface area contributed by atoms with Gasteiger partial charge in [-0.15, -0.1) is 0 Å². The molecular formula is C15H32N2O. The lowest BCUT2D eigenvalue weighted by Crippen LogP contribution is -2.24. The van der Waals surface area contributed by atoms with E-state index in [9.17, 15) is 0 Å². The van der Waals surface area contributed by atoms with Crippen LogP contribution in [0.1, 0.15) is 46.0 Å². The average Bonchev–Trinajstić information content (AvgIpc) is 2.84. The molecule has 0 atom stereocenters. The summed E-state index contributed by atoms with van der Waals surface area (Å²) < 4.78 is 5.68. The van der Waals surface area contributed by atoms with Gasteiger partial charge in [-0.2, -0.15) is 0 Å². The highest BCUT2D eigenvalue weighted by atomic mass is 16.5. The zero-order valence-electron chi connectivity index (χ0n) is 12.4. The van der Waals surface area contributed by atoms with Crippen LogP contribution in [-0.4, -0.2) is 50.8 Å². The Balaban J connectivity index is 1.70. The average molecular weight is 256 g/mol. The predicted molar refractivity (Wildman–Crippen MR) is 78.1 cm³/mol. The van der Waals surface area contributed by atoms with E-state index in [4.69, 9.17) is 4.74 Å². The van der Waals surface area contributed by atoms with Gasteiger partial charge >= 0.3 is 0 Å². The molecule has 0 aromatic carbocycles. The van der Waals surface area contributed by atoms with E-state index < -0.39 is 0 Å². The number of hydrogen-bond acceptors (Lipinski definition) is 3. The fourth-order valence-electron chi connectivity index (χ4n) is 2.32. The van der Waals surface area contributed by atoms with Crippen LogP contribution in [0.15, 0.2) is 0 Å². The number of rotatable bonds is 11. The second kappa shape index (κ2) is 10.8. The fraction of sp³-hybridized carbons (Fsp3) is 1.00. The molecule has 3 heteroatoms. The van der Waals surface area contributed by atoms with Crippen LogP contribution in [0, 0.1) is 5.92 Å². The number of hydrogen-bond donors (Lipinski definition) is 1. The van der Waals surface area contributed by atoms with Crippen LogP contribution in [0.5, 0.6) is 0 Å². The van der Waals surface area contributed by atoms with Gasteiger partial charge in [0.1, 0.15) is 0 Å². The maximum absolute atomic E-state index is 5.68. The Morgan fingerprint density at radius 2 is 1.83 bits per heavy atom. The Labute approximate surface area is 113 Å². The Bertz CT molecular complexity index is 179. The summed E-state index contributed by atoms with van der Waals surface area (Å²) in [5, 5.41) is 3.48. The van der Waals surface area contributed by atoms with E-state index in [1.54, 1.807) is 0 Å². The molecule has 1 rings (SSSR count). The molecule has 0 spiro atoms. The van der Waals surface area contributed by atoms with Crippen molar-refractivity contribution in [3.05, 3.63) is 0 Å². The summed E-state index contributed by atoms with van der Waals surface area (Å²) in [5.41, 5.74) is 0. The predicted octanol–water partition coefficient (Wildman–Crippen LogP) is 2.51. The summed E-state index contributed by atoms with van der Waals surface area (Å²) in [6, 6.07) is 0. The van der Waals surface area contributed by atoms with Crippen molar-refractivity contribution in [2.75, 3.05) is 45.9 Å². The smallest absolute Gasteiger partial charge is 0.0593 e. The van der Waals surface area contributed by atoms with Crippen molar-refractivity contribution in [2.45, 2.75) is 46.0 Å². The van der Waals surface area contributed by atoms with E-state index in [1.807, 2.05) is 0 Å². The first-order valence-corrected chi connectivity index (χ1v) is 7.80. The van der Waals surface area contributed by atoms with Crippen molar-refractivity contribution in [1.29, 1.82) is 0 Å².